The highest BCUT2D eigenvalue weighted by molar-refractivity contribution is 8.00. The quantitative estimate of drug-likeness (QED) is 0.853. The number of thioether (sulfide) groups is 1. The van der Waals surface area contributed by atoms with Gasteiger partial charge in [0.2, 0.25) is 5.91 Å². The van der Waals surface area contributed by atoms with E-state index in [1.54, 1.807) is 6.92 Å². The first-order valence-electron chi connectivity index (χ1n) is 8.45. The molecule has 5 heteroatoms. The van der Waals surface area contributed by atoms with Gasteiger partial charge in [-0.3, -0.25) is 9.59 Å². The van der Waals surface area contributed by atoms with Gasteiger partial charge in [-0.2, -0.15) is 0 Å². The molecule has 1 aromatic rings. The minimum Gasteiger partial charge on any atom is -0.326 e. The van der Waals surface area contributed by atoms with Gasteiger partial charge in [0.25, 0.3) is 5.91 Å². The third-order valence-electron chi connectivity index (χ3n) is 4.61. The number of anilines is 1. The van der Waals surface area contributed by atoms with E-state index in [-0.39, 0.29) is 11.8 Å². The van der Waals surface area contributed by atoms with Crippen molar-refractivity contribution in [1.29, 1.82) is 0 Å². The van der Waals surface area contributed by atoms with Gasteiger partial charge in [0, 0.05) is 37.0 Å². The van der Waals surface area contributed by atoms with Gasteiger partial charge in [0.05, 0.1) is 5.37 Å². The Morgan fingerprint density at radius 1 is 1.30 bits per heavy atom. The highest BCUT2D eigenvalue weighted by atomic mass is 32.2. The topological polar surface area (TPSA) is 40.6 Å². The van der Waals surface area contributed by atoms with Crippen LogP contribution in [0.15, 0.2) is 18.2 Å². The maximum absolute atomic E-state index is 12.9. The Labute approximate surface area is 142 Å². The van der Waals surface area contributed by atoms with E-state index in [2.05, 4.69) is 6.92 Å². The summed E-state index contributed by atoms with van der Waals surface area (Å²) >= 11 is 1.88. The zero-order valence-electron chi connectivity index (χ0n) is 13.9. The number of carbonyl (C=O) groups excluding carboxylic acids is 2. The molecule has 124 valence electrons. The molecular formula is C18H24N2O2S. The van der Waals surface area contributed by atoms with Crippen molar-refractivity contribution in [3.8, 4) is 0 Å². The number of rotatable bonds is 3. The molecule has 2 amide bonds. The summed E-state index contributed by atoms with van der Waals surface area (Å²) in [7, 11) is 0. The Kier molecular flexibility index (Phi) is 4.95. The lowest BCUT2D eigenvalue weighted by Gasteiger charge is -2.29. The van der Waals surface area contributed by atoms with E-state index in [1.807, 2.05) is 39.8 Å². The fourth-order valence-corrected chi connectivity index (χ4v) is 4.82. The summed E-state index contributed by atoms with van der Waals surface area (Å²) in [4.78, 5) is 28.5. The zero-order valence-corrected chi connectivity index (χ0v) is 14.7. The average molecular weight is 332 g/mol. The van der Waals surface area contributed by atoms with Gasteiger partial charge in [-0.25, -0.2) is 0 Å². The summed E-state index contributed by atoms with van der Waals surface area (Å²) in [6, 6.07) is 5.83. The standard InChI is InChI=1S/C18H24N2O2S/c1-3-5-17-20(10-11-23-17)18(22)15-7-8-16-14(12-15)6-4-9-19(16)13(2)21/h7-8,12,17H,3-6,9-11H2,1-2H3/t17-/m1/s1. The smallest absolute Gasteiger partial charge is 0.254 e. The average Bonchev–Trinajstić information content (AvgIpc) is 3.01. The molecular weight excluding hydrogens is 308 g/mol. The number of aryl methyl sites for hydroxylation is 1. The second-order valence-corrected chi connectivity index (χ2v) is 7.52. The van der Waals surface area contributed by atoms with Gasteiger partial charge in [-0.1, -0.05) is 13.3 Å². The lowest BCUT2D eigenvalue weighted by molar-refractivity contribution is -0.116. The summed E-state index contributed by atoms with van der Waals surface area (Å²) in [6.07, 6.45) is 4.05. The molecule has 3 rings (SSSR count). The summed E-state index contributed by atoms with van der Waals surface area (Å²) in [6.45, 7) is 5.38. The van der Waals surface area contributed by atoms with Gasteiger partial charge < -0.3 is 9.80 Å². The first-order valence-corrected chi connectivity index (χ1v) is 9.50. The van der Waals surface area contributed by atoms with Crippen LogP contribution in [0, 0.1) is 0 Å². The van der Waals surface area contributed by atoms with Crippen molar-refractivity contribution in [2.75, 3.05) is 23.7 Å². The van der Waals surface area contributed by atoms with Crippen molar-refractivity contribution < 1.29 is 9.59 Å². The molecule has 0 bridgehead atoms. The Bertz CT molecular complexity index is 617. The summed E-state index contributed by atoms with van der Waals surface area (Å²) < 4.78 is 0. The monoisotopic (exact) mass is 332 g/mol. The van der Waals surface area contributed by atoms with Gasteiger partial charge in [0.1, 0.15) is 0 Å². The van der Waals surface area contributed by atoms with Crippen molar-refractivity contribution in [3.63, 3.8) is 0 Å². The van der Waals surface area contributed by atoms with E-state index in [0.29, 0.717) is 5.37 Å². The Balaban J connectivity index is 1.84. The third-order valence-corrected chi connectivity index (χ3v) is 5.90. The molecule has 1 saturated heterocycles. The first-order chi connectivity index (χ1) is 11.1. The molecule has 0 aliphatic carbocycles. The molecule has 2 aliphatic heterocycles. The second-order valence-electron chi connectivity index (χ2n) is 6.23. The van der Waals surface area contributed by atoms with Gasteiger partial charge in [0.15, 0.2) is 0 Å². The molecule has 0 aromatic heterocycles. The molecule has 0 radical (unpaired) electrons. The van der Waals surface area contributed by atoms with Crippen LogP contribution in [0.1, 0.15) is 49.0 Å². The van der Waals surface area contributed by atoms with Crippen LogP contribution in [-0.4, -0.2) is 40.9 Å². The van der Waals surface area contributed by atoms with Crippen LogP contribution < -0.4 is 4.90 Å². The van der Waals surface area contributed by atoms with Crippen LogP contribution in [-0.2, 0) is 11.2 Å². The summed E-state index contributed by atoms with van der Waals surface area (Å²) in [5, 5.41) is 0.317. The highest BCUT2D eigenvalue weighted by Gasteiger charge is 2.30. The van der Waals surface area contributed by atoms with Crippen LogP contribution in [0.5, 0.6) is 0 Å². The maximum Gasteiger partial charge on any atom is 0.254 e. The third kappa shape index (κ3) is 3.25. The Hall–Kier alpha value is -1.49. The molecule has 0 saturated carbocycles. The van der Waals surface area contributed by atoms with Gasteiger partial charge >= 0.3 is 0 Å². The molecule has 23 heavy (non-hydrogen) atoms. The van der Waals surface area contributed by atoms with Gasteiger partial charge in [-0.15, -0.1) is 11.8 Å². The zero-order chi connectivity index (χ0) is 16.4. The molecule has 0 N–H and O–H groups in total. The summed E-state index contributed by atoms with van der Waals surface area (Å²) in [5.74, 6) is 1.24. The molecule has 1 fully saturated rings. The largest absolute Gasteiger partial charge is 0.326 e. The van der Waals surface area contributed by atoms with Crippen molar-refractivity contribution in [2.45, 2.75) is 44.9 Å². The van der Waals surface area contributed by atoms with Crippen LogP contribution in [0.25, 0.3) is 0 Å². The van der Waals surface area contributed by atoms with Crippen LogP contribution in [0.3, 0.4) is 0 Å². The fraction of sp³-hybridized carbons (Fsp3) is 0.556. The molecule has 1 atom stereocenters. The number of hydrogen-bond acceptors (Lipinski definition) is 3. The number of hydrogen-bond donors (Lipinski definition) is 0. The predicted molar refractivity (Wildman–Crippen MR) is 95.0 cm³/mol. The molecule has 4 nitrogen and oxygen atoms in total. The predicted octanol–water partition coefficient (Wildman–Crippen LogP) is 3.30. The second kappa shape index (κ2) is 6.95. The van der Waals surface area contributed by atoms with Gasteiger partial charge in [-0.05, 0) is 43.0 Å². The van der Waals surface area contributed by atoms with E-state index >= 15 is 0 Å². The Morgan fingerprint density at radius 3 is 2.87 bits per heavy atom. The molecule has 0 unspecified atom stereocenters. The van der Waals surface area contributed by atoms with E-state index in [0.717, 1.165) is 61.3 Å². The molecule has 2 aliphatic rings. The number of nitrogens with zero attached hydrogens (tertiary/aromatic N) is 2. The maximum atomic E-state index is 12.9. The normalized spacial score (nSPS) is 20.5. The lowest BCUT2D eigenvalue weighted by Crippen LogP contribution is -2.36. The fourth-order valence-electron chi connectivity index (χ4n) is 3.46. The molecule has 1 aromatic carbocycles. The van der Waals surface area contributed by atoms with Crippen molar-refractivity contribution in [2.24, 2.45) is 0 Å². The van der Waals surface area contributed by atoms with Crippen molar-refractivity contribution in [3.05, 3.63) is 29.3 Å². The number of amides is 2. The SMILES string of the molecule is CCC[C@H]1SCCN1C(=O)c1ccc2c(c1)CCCN2C(C)=O. The number of benzene rings is 1. The van der Waals surface area contributed by atoms with Crippen LogP contribution in [0.4, 0.5) is 5.69 Å². The van der Waals surface area contributed by atoms with E-state index in [4.69, 9.17) is 0 Å². The molecule has 0 spiro atoms. The van der Waals surface area contributed by atoms with E-state index in [1.165, 1.54) is 0 Å². The minimum absolute atomic E-state index is 0.0731. The number of fused-ring (bicyclic) bond motifs is 1. The molecule has 2 heterocycles. The minimum atomic E-state index is 0.0731. The Morgan fingerprint density at radius 2 is 2.13 bits per heavy atom. The van der Waals surface area contributed by atoms with Crippen molar-refractivity contribution in [1.82, 2.24) is 4.90 Å². The van der Waals surface area contributed by atoms with E-state index in [9.17, 15) is 9.59 Å². The highest BCUT2D eigenvalue weighted by Crippen LogP contribution is 2.32. The van der Waals surface area contributed by atoms with Crippen LogP contribution in [0.2, 0.25) is 0 Å². The number of carbonyl (C=O) groups is 2. The van der Waals surface area contributed by atoms with Crippen LogP contribution >= 0.6 is 11.8 Å². The van der Waals surface area contributed by atoms with E-state index < -0.39 is 0 Å². The lowest BCUT2D eigenvalue weighted by atomic mass is 9.98. The summed E-state index contributed by atoms with van der Waals surface area (Å²) in [5.41, 5.74) is 2.86. The van der Waals surface area contributed by atoms with Crippen molar-refractivity contribution >= 4 is 29.3 Å². The first kappa shape index (κ1) is 16.4.